The Morgan fingerprint density at radius 3 is 1.16 bits per heavy atom. The molecule has 27 nitrogen and oxygen atoms in total. The predicted octanol–water partition coefficient (Wildman–Crippen LogP) is -0.129. The second-order valence-corrected chi connectivity index (χ2v) is 15.5. The van der Waals surface area contributed by atoms with Gasteiger partial charge in [-0.3, -0.25) is 38.4 Å². The van der Waals surface area contributed by atoms with Gasteiger partial charge < -0.3 is 61.9 Å². The molecule has 0 amide bonds. The van der Waals surface area contributed by atoms with Crippen molar-refractivity contribution >= 4 is 47.8 Å². The van der Waals surface area contributed by atoms with Gasteiger partial charge in [0.1, 0.15) is 31.2 Å². The fourth-order valence-electron chi connectivity index (χ4n) is 7.30. The van der Waals surface area contributed by atoms with Crippen LogP contribution >= 0.6 is 0 Å². The molecule has 27 heteroatoms. The summed E-state index contributed by atoms with van der Waals surface area (Å²) in [6.07, 6.45) is -11.3. The lowest BCUT2D eigenvalue weighted by atomic mass is 9.98. The van der Waals surface area contributed by atoms with Crippen molar-refractivity contribution in [1.82, 2.24) is 30.0 Å². The summed E-state index contributed by atoms with van der Waals surface area (Å²) in [6.45, 7) is 7.42. The zero-order valence-corrected chi connectivity index (χ0v) is 38.7. The molecule has 1 N–H and O–H groups in total. The van der Waals surface area contributed by atoms with Gasteiger partial charge in [-0.05, 0) is 23.3 Å². The third kappa shape index (κ3) is 15.5. The lowest BCUT2D eigenvalue weighted by molar-refractivity contribution is -0.311. The number of aromatic hydroxyl groups is 1. The molecule has 5 rings (SSSR count). The van der Waals surface area contributed by atoms with E-state index in [9.17, 15) is 43.5 Å². The van der Waals surface area contributed by atoms with Gasteiger partial charge >= 0.3 is 47.8 Å². The second-order valence-electron chi connectivity index (χ2n) is 15.5. The predicted molar refractivity (Wildman–Crippen MR) is 220 cm³/mol. The smallest absolute Gasteiger partial charge is 0.303 e. The molecule has 10 atom stereocenters. The van der Waals surface area contributed by atoms with Crippen LogP contribution in [-0.4, -0.2) is 157 Å². The first kappa shape index (κ1) is 52.9. The van der Waals surface area contributed by atoms with Gasteiger partial charge in [-0.25, -0.2) is 9.36 Å². The summed E-state index contributed by atoms with van der Waals surface area (Å²) < 4.78 is 70.0. The van der Waals surface area contributed by atoms with Gasteiger partial charge in [-0.1, -0.05) is 16.5 Å². The number of hydrogen-bond donors (Lipinski definition) is 1. The fraction of sp³-hybridized carbons (Fsp3) is 0.571. The van der Waals surface area contributed by atoms with Crippen molar-refractivity contribution < 1.29 is 100 Å². The Morgan fingerprint density at radius 1 is 0.493 bits per heavy atom. The van der Waals surface area contributed by atoms with E-state index in [1.807, 2.05) is 0 Å². The maximum atomic E-state index is 12.3. The molecular formula is C42H52N6O21. The number of carbonyl (C=O) groups excluding carboxylic acids is 8. The lowest BCUT2D eigenvalue weighted by Gasteiger charge is -2.44. The van der Waals surface area contributed by atoms with E-state index >= 15 is 0 Å². The molecule has 2 aliphatic rings. The molecule has 376 valence electrons. The first-order valence-electron chi connectivity index (χ1n) is 21.1. The molecule has 0 saturated carbocycles. The molecule has 2 aliphatic heterocycles. The van der Waals surface area contributed by atoms with Crippen molar-refractivity contribution in [2.45, 2.75) is 143 Å². The molecule has 0 radical (unpaired) electrons. The Labute approximate surface area is 392 Å². The van der Waals surface area contributed by atoms with Crippen molar-refractivity contribution in [2.75, 3.05) is 13.2 Å². The zero-order chi connectivity index (χ0) is 50.5. The van der Waals surface area contributed by atoms with Crippen LogP contribution in [-0.2, 0) is 122 Å². The Balaban J connectivity index is 1.32. The van der Waals surface area contributed by atoms with Crippen molar-refractivity contribution in [3.8, 4) is 5.75 Å². The minimum Gasteiger partial charge on any atom is -0.508 e. The number of carbonyl (C=O) groups is 8. The number of benzene rings is 1. The van der Waals surface area contributed by atoms with E-state index in [1.54, 1.807) is 6.07 Å². The molecular weight excluding hydrogens is 924 g/mol. The van der Waals surface area contributed by atoms with Gasteiger partial charge in [0.05, 0.1) is 50.1 Å². The minimum absolute atomic E-state index is 0.0227. The summed E-state index contributed by atoms with van der Waals surface area (Å²) in [6, 6.07) is 4.69. The second kappa shape index (κ2) is 24.3. The summed E-state index contributed by atoms with van der Waals surface area (Å²) in [5, 5.41) is 27.1. The first-order chi connectivity index (χ1) is 32.7. The van der Waals surface area contributed by atoms with Gasteiger partial charge in [-0.15, -0.1) is 10.2 Å². The summed E-state index contributed by atoms with van der Waals surface area (Å²) in [7, 11) is 0. The topological polar surface area (TPSA) is 329 Å². The normalized spacial score (nSPS) is 24.2. The van der Waals surface area contributed by atoms with E-state index in [4.69, 9.17) is 56.8 Å². The highest BCUT2D eigenvalue weighted by Crippen LogP contribution is 2.32. The van der Waals surface area contributed by atoms with Gasteiger partial charge in [-0.2, -0.15) is 0 Å². The van der Waals surface area contributed by atoms with Gasteiger partial charge in [0.25, 0.3) is 0 Å². The Kier molecular flexibility index (Phi) is 18.6. The number of esters is 8. The van der Waals surface area contributed by atoms with E-state index in [1.165, 1.54) is 33.9 Å². The van der Waals surface area contributed by atoms with Crippen LogP contribution in [0.4, 0.5) is 0 Å². The van der Waals surface area contributed by atoms with Crippen LogP contribution < -0.4 is 0 Å². The quantitative estimate of drug-likeness (QED) is 0.114. The van der Waals surface area contributed by atoms with Crippen molar-refractivity contribution in [3.05, 3.63) is 53.1 Å². The molecule has 4 heterocycles. The third-order valence-electron chi connectivity index (χ3n) is 9.79. The van der Waals surface area contributed by atoms with E-state index < -0.39 is 122 Å². The molecule has 0 bridgehead atoms. The van der Waals surface area contributed by atoms with Crippen LogP contribution in [0.5, 0.6) is 5.75 Å². The highest BCUT2D eigenvalue weighted by molar-refractivity contribution is 5.70. The highest BCUT2D eigenvalue weighted by Gasteiger charge is 2.54. The van der Waals surface area contributed by atoms with Crippen molar-refractivity contribution in [1.29, 1.82) is 0 Å². The summed E-state index contributed by atoms with van der Waals surface area (Å²) in [5.74, 6) is -6.34. The Hall–Kier alpha value is -7.10. The third-order valence-corrected chi connectivity index (χ3v) is 9.79. The molecule has 0 spiro atoms. The van der Waals surface area contributed by atoms with Gasteiger partial charge in [0, 0.05) is 55.4 Å². The van der Waals surface area contributed by atoms with Crippen LogP contribution in [0.2, 0.25) is 0 Å². The zero-order valence-electron chi connectivity index (χ0n) is 38.7. The Morgan fingerprint density at radius 2 is 0.826 bits per heavy atom. The standard InChI is InChI=1S/C42H52N6O21/c1-20(49)58-18-33-35(62-22(3)51)37(64-24(5)53)39(66-26(7)55)41(68-33)60-16-30-12-43-45-47(30)14-28-9-29(11-32(57)10-28)15-48-31(13-44-46-48)17-61-42-40(67-27(8)56)38(65-25(6)54)36(63-23(4)52)34(69-42)19-59-21(2)50/h9-13,33-42,57H,14-19H2,1-8H3/t33-,34-,35-,36-,37+,38+,39-,40-,41-,42-/m1/s1. The fourth-order valence-corrected chi connectivity index (χ4v) is 7.30. The molecule has 2 fully saturated rings. The number of aromatic nitrogens is 6. The van der Waals surface area contributed by atoms with Gasteiger partial charge in [0.2, 0.25) is 0 Å². The maximum absolute atomic E-state index is 12.3. The molecule has 69 heavy (non-hydrogen) atoms. The van der Waals surface area contributed by atoms with Crippen LogP contribution in [0.3, 0.4) is 0 Å². The Bertz CT molecular complexity index is 2180. The minimum atomic E-state index is -1.48. The average Bonchev–Trinajstić information content (AvgIpc) is 3.88. The lowest BCUT2D eigenvalue weighted by Crippen LogP contribution is -2.62. The molecule has 0 aliphatic carbocycles. The summed E-state index contributed by atoms with van der Waals surface area (Å²) in [5.41, 5.74) is 1.76. The number of phenolic OH excluding ortho intramolecular Hbond substituents is 1. The van der Waals surface area contributed by atoms with Crippen LogP contribution in [0.25, 0.3) is 0 Å². The monoisotopic (exact) mass is 976 g/mol. The molecule has 3 aromatic rings. The number of rotatable bonds is 20. The average molecular weight is 977 g/mol. The van der Waals surface area contributed by atoms with E-state index in [0.717, 1.165) is 55.4 Å². The van der Waals surface area contributed by atoms with Gasteiger partial charge in [0.15, 0.2) is 49.2 Å². The van der Waals surface area contributed by atoms with Crippen LogP contribution in [0.15, 0.2) is 30.6 Å². The number of hydrogen-bond acceptors (Lipinski definition) is 25. The van der Waals surface area contributed by atoms with Crippen LogP contribution in [0.1, 0.15) is 77.9 Å². The largest absolute Gasteiger partial charge is 0.508 e. The number of ether oxygens (including phenoxy) is 12. The number of nitrogens with zero attached hydrogens (tertiary/aromatic N) is 6. The number of phenols is 1. The molecule has 2 saturated heterocycles. The SMILES string of the molecule is CC(=O)OC[C@H]1O[C@@H](OCc2cnnn2Cc2cc(O)cc(Cn3nncc3CO[C@@H]3O[C@H](COC(C)=O)[C@@H](OC(C)=O)[C@H](OC(C)=O)[C@H]3OC(C)=O)c2)[C@H](OC(C)=O)[C@@H](OC(C)=O)[C@@H]1OC(C)=O. The summed E-state index contributed by atoms with van der Waals surface area (Å²) in [4.78, 5) is 96.7. The highest BCUT2D eigenvalue weighted by atomic mass is 16.7. The van der Waals surface area contributed by atoms with Crippen molar-refractivity contribution in [2.24, 2.45) is 0 Å². The molecule has 0 unspecified atom stereocenters. The molecule has 2 aromatic heterocycles. The van der Waals surface area contributed by atoms with E-state index in [-0.39, 0.29) is 32.1 Å². The van der Waals surface area contributed by atoms with E-state index in [2.05, 4.69) is 20.6 Å². The van der Waals surface area contributed by atoms with Crippen LogP contribution in [0, 0.1) is 0 Å². The maximum Gasteiger partial charge on any atom is 0.303 e. The first-order valence-corrected chi connectivity index (χ1v) is 21.1. The summed E-state index contributed by atoms with van der Waals surface area (Å²) >= 11 is 0. The van der Waals surface area contributed by atoms with Crippen molar-refractivity contribution in [3.63, 3.8) is 0 Å². The molecule has 1 aromatic carbocycles. The van der Waals surface area contributed by atoms with E-state index in [0.29, 0.717) is 22.5 Å².